The van der Waals surface area contributed by atoms with Gasteiger partial charge in [-0.3, -0.25) is 0 Å². The Morgan fingerprint density at radius 2 is 2.00 bits per heavy atom. The highest BCUT2D eigenvalue weighted by Gasteiger charge is 2.45. The van der Waals surface area contributed by atoms with Crippen molar-refractivity contribution in [2.75, 3.05) is 6.54 Å². The molecule has 6 heteroatoms. The molecule has 1 aliphatic heterocycles. The normalized spacial score (nSPS) is 41.6. The average Bonchev–Trinajstić information content (AvgIpc) is 2.30. The third kappa shape index (κ3) is 1.42. The summed E-state index contributed by atoms with van der Waals surface area (Å²) in [5.41, 5.74) is 5.16. The van der Waals surface area contributed by atoms with E-state index >= 15 is 0 Å². The zero-order chi connectivity index (χ0) is 9.30. The number of carbonyl (C=O) groups is 1. The fourth-order valence-electron chi connectivity index (χ4n) is 1.15. The van der Waals surface area contributed by atoms with E-state index in [9.17, 15) is 4.79 Å². The lowest BCUT2D eigenvalue weighted by Gasteiger charge is -2.10. The Bertz CT molecular complexity index is 185. The van der Waals surface area contributed by atoms with Gasteiger partial charge in [0.05, 0.1) is 6.10 Å². The standard InChI is InChI=1S/C6H11NO5/c7-1-2-3(8)4(9)5(12-2)6(10)11/h2-5,8-9H,1,7H2,(H,10,11)/t2-,3?,4?,5+/m1/s1. The zero-order valence-corrected chi connectivity index (χ0v) is 6.25. The van der Waals surface area contributed by atoms with E-state index in [1.54, 1.807) is 0 Å². The predicted octanol–water partition coefficient (Wildman–Crippen LogP) is -2.48. The van der Waals surface area contributed by atoms with Crippen LogP contribution in [0.3, 0.4) is 0 Å². The maximum absolute atomic E-state index is 10.4. The highest BCUT2D eigenvalue weighted by atomic mass is 16.6. The van der Waals surface area contributed by atoms with Crippen molar-refractivity contribution < 1.29 is 24.9 Å². The molecule has 4 atom stereocenters. The van der Waals surface area contributed by atoms with Gasteiger partial charge in [0, 0.05) is 6.54 Å². The lowest BCUT2D eigenvalue weighted by atomic mass is 10.1. The number of carboxylic acids is 1. The molecule has 1 aliphatic rings. The quantitative estimate of drug-likeness (QED) is 0.371. The van der Waals surface area contributed by atoms with Crippen molar-refractivity contribution in [1.82, 2.24) is 0 Å². The van der Waals surface area contributed by atoms with Crippen LogP contribution in [0, 0.1) is 0 Å². The van der Waals surface area contributed by atoms with Crippen LogP contribution < -0.4 is 5.73 Å². The molecule has 0 radical (unpaired) electrons. The smallest absolute Gasteiger partial charge is 0.335 e. The number of aliphatic carboxylic acids is 1. The fraction of sp³-hybridized carbons (Fsp3) is 0.833. The van der Waals surface area contributed by atoms with Gasteiger partial charge in [-0.1, -0.05) is 0 Å². The molecule has 1 heterocycles. The van der Waals surface area contributed by atoms with Crippen LogP contribution in [0.15, 0.2) is 0 Å². The molecule has 1 fully saturated rings. The Morgan fingerprint density at radius 1 is 1.42 bits per heavy atom. The summed E-state index contributed by atoms with van der Waals surface area (Å²) < 4.78 is 4.77. The summed E-state index contributed by atoms with van der Waals surface area (Å²) in [5, 5.41) is 26.8. The Hall–Kier alpha value is -0.690. The van der Waals surface area contributed by atoms with Gasteiger partial charge in [0.1, 0.15) is 12.2 Å². The largest absolute Gasteiger partial charge is 0.479 e. The van der Waals surface area contributed by atoms with Gasteiger partial charge in [0.15, 0.2) is 6.10 Å². The van der Waals surface area contributed by atoms with E-state index in [0.717, 1.165) is 0 Å². The molecule has 0 spiro atoms. The molecule has 0 aromatic carbocycles. The number of hydrogen-bond donors (Lipinski definition) is 4. The van der Waals surface area contributed by atoms with Crippen molar-refractivity contribution in [2.45, 2.75) is 24.4 Å². The number of hydrogen-bond acceptors (Lipinski definition) is 5. The van der Waals surface area contributed by atoms with Crippen molar-refractivity contribution in [3.8, 4) is 0 Å². The molecule has 1 saturated heterocycles. The van der Waals surface area contributed by atoms with E-state index in [4.69, 9.17) is 25.8 Å². The second kappa shape index (κ2) is 3.36. The third-order valence-corrected chi connectivity index (χ3v) is 1.84. The van der Waals surface area contributed by atoms with Gasteiger partial charge in [-0.15, -0.1) is 0 Å². The van der Waals surface area contributed by atoms with Gasteiger partial charge in [0.25, 0.3) is 0 Å². The summed E-state index contributed by atoms with van der Waals surface area (Å²) in [6, 6.07) is 0. The van der Waals surface area contributed by atoms with Crippen molar-refractivity contribution in [2.24, 2.45) is 5.73 Å². The van der Waals surface area contributed by atoms with Crippen molar-refractivity contribution in [3.05, 3.63) is 0 Å². The van der Waals surface area contributed by atoms with E-state index in [2.05, 4.69) is 0 Å². The molecule has 6 nitrogen and oxygen atoms in total. The highest BCUT2D eigenvalue weighted by Crippen LogP contribution is 2.20. The lowest BCUT2D eigenvalue weighted by Crippen LogP contribution is -2.37. The first-order chi connectivity index (χ1) is 5.57. The lowest BCUT2D eigenvalue weighted by molar-refractivity contribution is -0.153. The number of aliphatic hydroxyl groups is 2. The highest BCUT2D eigenvalue weighted by molar-refractivity contribution is 5.73. The van der Waals surface area contributed by atoms with Crippen LogP contribution in [0.25, 0.3) is 0 Å². The summed E-state index contributed by atoms with van der Waals surface area (Å²) in [7, 11) is 0. The second-order valence-electron chi connectivity index (χ2n) is 2.65. The number of aliphatic hydroxyl groups excluding tert-OH is 2. The number of carboxylic acid groups (broad SMARTS) is 1. The monoisotopic (exact) mass is 177 g/mol. The molecule has 0 aromatic heterocycles. The zero-order valence-electron chi connectivity index (χ0n) is 6.25. The Kier molecular flexibility index (Phi) is 2.63. The number of ether oxygens (including phenoxy) is 1. The van der Waals surface area contributed by atoms with Crippen molar-refractivity contribution >= 4 is 5.97 Å². The summed E-state index contributed by atoms with van der Waals surface area (Å²) in [6.07, 6.45) is -4.76. The topological polar surface area (TPSA) is 113 Å². The minimum Gasteiger partial charge on any atom is -0.479 e. The molecule has 0 aromatic rings. The minimum absolute atomic E-state index is 0.0119. The molecule has 0 amide bonds. The fourth-order valence-corrected chi connectivity index (χ4v) is 1.15. The van der Waals surface area contributed by atoms with Gasteiger partial charge >= 0.3 is 5.97 Å². The molecule has 0 saturated carbocycles. The maximum atomic E-state index is 10.4. The van der Waals surface area contributed by atoms with Crippen LogP contribution in [-0.4, -0.2) is 52.2 Å². The summed E-state index contributed by atoms with van der Waals surface area (Å²) in [5.74, 6) is -1.29. The molecule has 2 unspecified atom stereocenters. The number of rotatable bonds is 2. The third-order valence-electron chi connectivity index (χ3n) is 1.84. The predicted molar refractivity (Wildman–Crippen MR) is 37.4 cm³/mol. The van der Waals surface area contributed by atoms with Crippen LogP contribution in [-0.2, 0) is 9.53 Å². The van der Waals surface area contributed by atoms with Crippen LogP contribution in [0.4, 0.5) is 0 Å². The van der Waals surface area contributed by atoms with Crippen LogP contribution >= 0.6 is 0 Å². The SMILES string of the molecule is NC[C@H]1O[C@H](C(=O)O)C(O)C1O. The van der Waals surface area contributed by atoms with Gasteiger partial charge < -0.3 is 25.8 Å². The average molecular weight is 177 g/mol. The van der Waals surface area contributed by atoms with Gasteiger partial charge in [-0.05, 0) is 0 Å². The first-order valence-corrected chi connectivity index (χ1v) is 3.52. The number of nitrogens with two attached hydrogens (primary N) is 1. The maximum Gasteiger partial charge on any atom is 0.335 e. The van der Waals surface area contributed by atoms with E-state index in [1.807, 2.05) is 0 Å². The van der Waals surface area contributed by atoms with Crippen LogP contribution in [0.2, 0.25) is 0 Å². The van der Waals surface area contributed by atoms with Gasteiger partial charge in [0.2, 0.25) is 0 Å². The van der Waals surface area contributed by atoms with Crippen molar-refractivity contribution in [3.63, 3.8) is 0 Å². The van der Waals surface area contributed by atoms with Gasteiger partial charge in [-0.2, -0.15) is 0 Å². The molecule has 0 aliphatic carbocycles. The van der Waals surface area contributed by atoms with Crippen LogP contribution in [0.1, 0.15) is 0 Å². The van der Waals surface area contributed by atoms with Gasteiger partial charge in [-0.25, -0.2) is 4.79 Å². The first kappa shape index (κ1) is 9.40. The van der Waals surface area contributed by atoms with E-state index in [1.165, 1.54) is 0 Å². The summed E-state index contributed by atoms with van der Waals surface area (Å²) in [4.78, 5) is 10.4. The van der Waals surface area contributed by atoms with Crippen LogP contribution in [0.5, 0.6) is 0 Å². The van der Waals surface area contributed by atoms with E-state index in [0.29, 0.717) is 0 Å². The first-order valence-electron chi connectivity index (χ1n) is 3.52. The Morgan fingerprint density at radius 3 is 2.25 bits per heavy atom. The van der Waals surface area contributed by atoms with E-state index < -0.39 is 30.4 Å². The summed E-state index contributed by atoms with van der Waals surface area (Å²) in [6.45, 7) is -0.0119. The summed E-state index contributed by atoms with van der Waals surface area (Å²) >= 11 is 0. The molecule has 70 valence electrons. The molecule has 5 N–H and O–H groups in total. The Labute approximate surface area is 68.6 Å². The minimum atomic E-state index is -1.39. The van der Waals surface area contributed by atoms with Crippen molar-refractivity contribution in [1.29, 1.82) is 0 Å². The molecular formula is C6H11NO5. The van der Waals surface area contributed by atoms with E-state index in [-0.39, 0.29) is 6.54 Å². The molecule has 1 rings (SSSR count). The second-order valence-corrected chi connectivity index (χ2v) is 2.65. The Balaban J connectivity index is 2.66. The molecular weight excluding hydrogens is 166 g/mol. The molecule has 12 heavy (non-hydrogen) atoms. The molecule has 0 bridgehead atoms.